The number of benzene rings is 2. The molecular weight excluding hydrogens is 476 g/mol. The van der Waals surface area contributed by atoms with E-state index >= 15 is 0 Å². The Kier molecular flexibility index (Phi) is 6.69. The summed E-state index contributed by atoms with van der Waals surface area (Å²) in [5, 5.41) is 9.20. The molecule has 0 saturated carbocycles. The number of rotatable bonds is 6. The van der Waals surface area contributed by atoms with E-state index in [0.717, 1.165) is 12.1 Å². The number of hydrogen-bond donors (Lipinski definition) is 1. The van der Waals surface area contributed by atoms with Gasteiger partial charge in [-0.25, -0.2) is 4.39 Å². The van der Waals surface area contributed by atoms with Crippen LogP contribution in [0.1, 0.15) is 17.2 Å². The molecule has 1 unspecified atom stereocenters. The van der Waals surface area contributed by atoms with Crippen molar-refractivity contribution in [1.29, 1.82) is 0 Å². The number of anilines is 1. The Labute approximate surface area is 196 Å². The minimum Gasteiger partial charge on any atom is -0.406 e. The predicted octanol–water partition coefficient (Wildman–Crippen LogP) is 5.21. The number of ether oxygens (including phenoxy) is 1. The molecule has 0 radical (unpaired) electrons. The van der Waals surface area contributed by atoms with Crippen molar-refractivity contribution in [3.63, 3.8) is 0 Å². The van der Waals surface area contributed by atoms with Gasteiger partial charge >= 0.3 is 6.36 Å². The molecule has 0 spiro atoms. The molecule has 6 nitrogen and oxygen atoms in total. The first-order chi connectivity index (χ1) is 16.2. The third-order valence-corrected chi connectivity index (χ3v) is 5.14. The van der Waals surface area contributed by atoms with Gasteiger partial charge in [-0.3, -0.25) is 14.8 Å². The molecule has 0 aliphatic carbocycles. The lowest BCUT2D eigenvalue weighted by atomic mass is 9.94. The number of alkyl halides is 3. The van der Waals surface area contributed by atoms with Crippen molar-refractivity contribution in [2.45, 2.75) is 12.3 Å². The fourth-order valence-electron chi connectivity index (χ4n) is 3.47. The van der Waals surface area contributed by atoms with Crippen LogP contribution in [0.2, 0.25) is 5.02 Å². The van der Waals surface area contributed by atoms with Crippen molar-refractivity contribution < 1.29 is 27.1 Å². The summed E-state index contributed by atoms with van der Waals surface area (Å²) in [4.78, 5) is 16.9. The van der Waals surface area contributed by atoms with Gasteiger partial charge in [0.25, 0.3) is 0 Å². The number of nitrogens with one attached hydrogen (secondary N) is 1. The van der Waals surface area contributed by atoms with Crippen LogP contribution in [0, 0.1) is 5.82 Å². The maximum absolute atomic E-state index is 13.4. The zero-order valence-corrected chi connectivity index (χ0v) is 18.1. The van der Waals surface area contributed by atoms with Crippen LogP contribution in [0.25, 0.3) is 0 Å². The first-order valence-corrected chi connectivity index (χ1v) is 10.4. The molecule has 2 aromatic carbocycles. The lowest BCUT2D eigenvalue weighted by Crippen LogP contribution is -2.29. The summed E-state index contributed by atoms with van der Waals surface area (Å²) in [5.41, 5.74) is 2.30. The average Bonchev–Trinajstić information content (AvgIpc) is 3.18. The Bertz CT molecular complexity index is 1180. The Morgan fingerprint density at radius 2 is 1.79 bits per heavy atom. The van der Waals surface area contributed by atoms with Crippen LogP contribution in [0.5, 0.6) is 5.75 Å². The van der Waals surface area contributed by atoms with E-state index < -0.39 is 18.0 Å². The van der Waals surface area contributed by atoms with E-state index in [-0.39, 0.29) is 18.3 Å². The highest BCUT2D eigenvalue weighted by Crippen LogP contribution is 2.29. The van der Waals surface area contributed by atoms with Crippen molar-refractivity contribution >= 4 is 28.9 Å². The number of halogens is 5. The number of hydrogen-bond acceptors (Lipinski definition) is 5. The summed E-state index contributed by atoms with van der Waals surface area (Å²) in [6, 6.07) is 14.1. The third kappa shape index (κ3) is 6.02. The van der Waals surface area contributed by atoms with Crippen LogP contribution in [0.15, 0.2) is 72.0 Å². The topological polar surface area (TPSA) is 66.8 Å². The number of amides is 1. The number of pyridine rings is 1. The maximum atomic E-state index is 13.4. The summed E-state index contributed by atoms with van der Waals surface area (Å²) in [6.45, 7) is 0.225. The minimum absolute atomic E-state index is 0.115. The monoisotopic (exact) mass is 492 g/mol. The molecule has 1 aliphatic heterocycles. The van der Waals surface area contributed by atoms with Crippen LogP contribution in [0.3, 0.4) is 0 Å². The first-order valence-electron chi connectivity index (χ1n) is 10.0. The van der Waals surface area contributed by atoms with E-state index in [4.69, 9.17) is 11.6 Å². The van der Waals surface area contributed by atoms with Crippen LogP contribution in [0.4, 0.5) is 23.2 Å². The van der Waals surface area contributed by atoms with E-state index in [2.05, 4.69) is 20.1 Å². The fraction of sp³-hybridized carbons (Fsp3) is 0.174. The molecule has 1 atom stereocenters. The van der Waals surface area contributed by atoms with Gasteiger partial charge < -0.3 is 10.1 Å². The Balaban J connectivity index is 1.47. The molecular formula is C23H17ClF4N4O2. The summed E-state index contributed by atoms with van der Waals surface area (Å²) in [5.74, 6) is -1.48. The van der Waals surface area contributed by atoms with Crippen LogP contribution in [-0.4, -0.2) is 41.1 Å². The van der Waals surface area contributed by atoms with Crippen molar-refractivity contribution in [3.05, 3.63) is 89.0 Å². The lowest BCUT2D eigenvalue weighted by Gasteiger charge is -2.16. The molecule has 11 heteroatoms. The molecule has 1 amide bonds. The second-order valence-corrected chi connectivity index (χ2v) is 7.85. The van der Waals surface area contributed by atoms with Gasteiger partial charge in [-0.1, -0.05) is 23.7 Å². The smallest absolute Gasteiger partial charge is 0.406 e. The zero-order chi connectivity index (χ0) is 24.3. The summed E-state index contributed by atoms with van der Waals surface area (Å²) in [7, 11) is 0. The molecule has 34 heavy (non-hydrogen) atoms. The van der Waals surface area contributed by atoms with E-state index in [0.29, 0.717) is 34.2 Å². The molecule has 1 aliphatic rings. The molecule has 0 saturated heterocycles. The van der Waals surface area contributed by atoms with Crippen LogP contribution in [-0.2, 0) is 4.79 Å². The minimum atomic E-state index is -4.80. The van der Waals surface area contributed by atoms with Gasteiger partial charge in [-0.05, 0) is 54.1 Å². The van der Waals surface area contributed by atoms with E-state index in [9.17, 15) is 22.4 Å². The highest BCUT2D eigenvalue weighted by molar-refractivity contribution is 6.30. The van der Waals surface area contributed by atoms with Crippen LogP contribution >= 0.6 is 11.6 Å². The molecule has 3 aromatic rings. The molecule has 176 valence electrons. The van der Waals surface area contributed by atoms with E-state index in [1.165, 1.54) is 30.5 Å². The summed E-state index contributed by atoms with van der Waals surface area (Å²) < 4.78 is 54.1. The second-order valence-electron chi connectivity index (χ2n) is 7.41. The highest BCUT2D eigenvalue weighted by Gasteiger charge is 2.32. The third-order valence-electron chi connectivity index (χ3n) is 4.92. The Hall–Kier alpha value is -3.66. The van der Waals surface area contributed by atoms with Crippen molar-refractivity contribution in [2.75, 3.05) is 18.4 Å². The normalized spacial score (nSPS) is 15.7. The molecule has 1 aromatic heterocycles. The highest BCUT2D eigenvalue weighted by atomic mass is 35.5. The molecule has 0 fully saturated rings. The second kappa shape index (κ2) is 9.68. The predicted molar refractivity (Wildman–Crippen MR) is 118 cm³/mol. The van der Waals surface area contributed by atoms with Crippen molar-refractivity contribution in [1.82, 2.24) is 9.99 Å². The van der Waals surface area contributed by atoms with Crippen molar-refractivity contribution in [2.24, 2.45) is 5.10 Å². The average molecular weight is 493 g/mol. The van der Waals surface area contributed by atoms with Gasteiger partial charge in [0, 0.05) is 11.9 Å². The number of carbonyl (C=O) groups excluding carboxylic acids is 1. The quantitative estimate of drug-likeness (QED) is 0.479. The largest absolute Gasteiger partial charge is 0.573 e. The van der Waals surface area contributed by atoms with Gasteiger partial charge in [0.1, 0.15) is 18.1 Å². The van der Waals surface area contributed by atoms with Gasteiger partial charge in [0.15, 0.2) is 0 Å². The molecule has 4 rings (SSSR count). The van der Waals surface area contributed by atoms with Gasteiger partial charge in [0.05, 0.1) is 28.9 Å². The first kappa shape index (κ1) is 23.5. The molecule has 0 bridgehead atoms. The van der Waals surface area contributed by atoms with Gasteiger partial charge in [-0.15, -0.1) is 13.2 Å². The van der Waals surface area contributed by atoms with Gasteiger partial charge in [-0.2, -0.15) is 5.10 Å². The standard InChI is InChI=1S/C23H17ClF4N4O2/c24-15-3-10-20(29-11-15)19-12-32(31-22(19)14-1-4-16(25)5-2-14)13-21(33)30-17-6-8-18(9-7-17)34-23(26,27)28/h1-11,19H,12-13H2,(H,30,33). The van der Waals surface area contributed by atoms with Gasteiger partial charge in [0.2, 0.25) is 5.91 Å². The fourth-order valence-corrected chi connectivity index (χ4v) is 3.58. The summed E-state index contributed by atoms with van der Waals surface area (Å²) in [6.07, 6.45) is -3.28. The maximum Gasteiger partial charge on any atom is 0.573 e. The van der Waals surface area contributed by atoms with E-state index in [1.54, 1.807) is 29.3 Å². The SMILES string of the molecule is O=C(CN1CC(c2ccc(Cl)cn2)C(c2ccc(F)cc2)=N1)Nc1ccc(OC(F)(F)F)cc1. The molecule has 2 heterocycles. The zero-order valence-electron chi connectivity index (χ0n) is 17.4. The number of aromatic nitrogens is 1. The van der Waals surface area contributed by atoms with Crippen molar-refractivity contribution in [3.8, 4) is 5.75 Å². The lowest BCUT2D eigenvalue weighted by molar-refractivity contribution is -0.274. The number of nitrogens with zero attached hydrogens (tertiary/aromatic N) is 3. The Morgan fingerprint density at radius 3 is 2.41 bits per heavy atom. The number of carbonyl (C=O) groups is 1. The Morgan fingerprint density at radius 1 is 1.09 bits per heavy atom. The number of hydrazone groups is 1. The molecule has 1 N–H and O–H groups in total. The summed E-state index contributed by atoms with van der Waals surface area (Å²) >= 11 is 5.94. The van der Waals surface area contributed by atoms with Crippen LogP contribution < -0.4 is 10.1 Å². The van der Waals surface area contributed by atoms with E-state index in [1.807, 2.05) is 0 Å².